The quantitative estimate of drug-likeness (QED) is 0.774. The summed E-state index contributed by atoms with van der Waals surface area (Å²) in [6.45, 7) is 0. The third kappa shape index (κ3) is 2.96. The zero-order valence-electron chi connectivity index (χ0n) is 11.5. The molecule has 0 fully saturated rings. The van der Waals surface area contributed by atoms with E-state index in [2.05, 4.69) is 31.9 Å². The van der Waals surface area contributed by atoms with Crippen LogP contribution in [0.25, 0.3) is 0 Å². The van der Waals surface area contributed by atoms with Crippen molar-refractivity contribution in [2.24, 2.45) is 5.73 Å². The summed E-state index contributed by atoms with van der Waals surface area (Å²) in [7, 11) is 1.65. The molecule has 1 aliphatic rings. The predicted molar refractivity (Wildman–Crippen MR) is 89.8 cm³/mol. The first-order valence-corrected chi connectivity index (χ1v) is 8.22. The standard InChI is InChI=1S/C16H15Br2NO2/c1-20-14-5-2-9(6-12(14)18)15-8-13(19)11-4-3-10(17)7-16(11)21-15/h2-7,13,15H,8,19H2,1H3/t13-,15?/m1/s1. The Morgan fingerprint density at radius 2 is 2.00 bits per heavy atom. The van der Waals surface area contributed by atoms with Crippen molar-refractivity contribution in [1.29, 1.82) is 0 Å². The molecule has 1 aliphatic heterocycles. The van der Waals surface area contributed by atoms with E-state index in [0.29, 0.717) is 0 Å². The van der Waals surface area contributed by atoms with Gasteiger partial charge in [0, 0.05) is 22.5 Å². The summed E-state index contributed by atoms with van der Waals surface area (Å²) in [5.74, 6) is 1.65. The molecule has 0 saturated carbocycles. The fourth-order valence-corrected chi connectivity index (χ4v) is 3.46. The Hall–Kier alpha value is -1.04. The van der Waals surface area contributed by atoms with Crippen molar-refractivity contribution in [2.75, 3.05) is 7.11 Å². The fraction of sp³-hybridized carbons (Fsp3) is 0.250. The maximum absolute atomic E-state index is 6.29. The molecule has 3 nitrogen and oxygen atoms in total. The van der Waals surface area contributed by atoms with Crippen LogP contribution in [0, 0.1) is 0 Å². The summed E-state index contributed by atoms with van der Waals surface area (Å²) in [6, 6.07) is 11.9. The zero-order chi connectivity index (χ0) is 15.0. The molecule has 2 aromatic carbocycles. The van der Waals surface area contributed by atoms with Crippen LogP contribution < -0.4 is 15.2 Å². The summed E-state index contributed by atoms with van der Waals surface area (Å²) < 4.78 is 13.3. The number of nitrogens with two attached hydrogens (primary N) is 1. The van der Waals surface area contributed by atoms with Crippen LogP contribution >= 0.6 is 31.9 Å². The van der Waals surface area contributed by atoms with Gasteiger partial charge in [-0.05, 0) is 45.8 Å². The van der Waals surface area contributed by atoms with Crippen molar-refractivity contribution in [3.05, 3.63) is 56.5 Å². The Morgan fingerprint density at radius 3 is 2.71 bits per heavy atom. The van der Waals surface area contributed by atoms with Gasteiger partial charge in [-0.25, -0.2) is 0 Å². The monoisotopic (exact) mass is 411 g/mol. The van der Waals surface area contributed by atoms with Crippen LogP contribution in [0.15, 0.2) is 45.3 Å². The van der Waals surface area contributed by atoms with Gasteiger partial charge >= 0.3 is 0 Å². The molecule has 0 amide bonds. The molecular formula is C16H15Br2NO2. The molecule has 0 aromatic heterocycles. The third-order valence-electron chi connectivity index (χ3n) is 3.66. The molecule has 2 N–H and O–H groups in total. The molecule has 2 aromatic rings. The SMILES string of the molecule is COc1ccc(C2C[C@@H](N)c3ccc(Br)cc3O2)cc1Br. The van der Waals surface area contributed by atoms with Gasteiger partial charge in [0.05, 0.1) is 11.6 Å². The van der Waals surface area contributed by atoms with Crippen LogP contribution in [0.2, 0.25) is 0 Å². The highest BCUT2D eigenvalue weighted by molar-refractivity contribution is 9.10. The molecule has 2 atom stereocenters. The maximum atomic E-state index is 6.29. The van der Waals surface area contributed by atoms with Gasteiger partial charge in [-0.1, -0.05) is 28.1 Å². The van der Waals surface area contributed by atoms with Gasteiger partial charge in [0.2, 0.25) is 0 Å². The Kier molecular flexibility index (Phi) is 4.24. The molecule has 3 rings (SSSR count). The van der Waals surface area contributed by atoms with E-state index < -0.39 is 0 Å². The summed E-state index contributed by atoms with van der Waals surface area (Å²) in [6.07, 6.45) is 0.705. The second-order valence-corrected chi connectivity index (χ2v) is 6.79. The van der Waals surface area contributed by atoms with Gasteiger partial charge in [-0.3, -0.25) is 0 Å². The lowest BCUT2D eigenvalue weighted by molar-refractivity contribution is 0.161. The Bertz CT molecular complexity index is 675. The number of halogens is 2. The Morgan fingerprint density at radius 1 is 1.19 bits per heavy atom. The molecule has 0 spiro atoms. The largest absolute Gasteiger partial charge is 0.496 e. The van der Waals surface area contributed by atoms with Gasteiger partial charge in [-0.2, -0.15) is 0 Å². The number of methoxy groups -OCH3 is 1. The van der Waals surface area contributed by atoms with E-state index in [1.807, 2.05) is 36.4 Å². The molecule has 0 radical (unpaired) electrons. The average Bonchev–Trinajstić information content (AvgIpc) is 2.46. The number of benzene rings is 2. The first-order chi connectivity index (χ1) is 10.1. The van der Waals surface area contributed by atoms with E-state index in [1.54, 1.807) is 7.11 Å². The number of rotatable bonds is 2. The van der Waals surface area contributed by atoms with Crippen molar-refractivity contribution in [3.8, 4) is 11.5 Å². The second-order valence-electron chi connectivity index (χ2n) is 5.02. The van der Waals surface area contributed by atoms with Crippen LogP contribution in [-0.2, 0) is 0 Å². The minimum atomic E-state index is -0.0518. The third-order valence-corrected chi connectivity index (χ3v) is 4.77. The molecule has 5 heteroatoms. The summed E-state index contributed by atoms with van der Waals surface area (Å²) >= 11 is 6.99. The van der Waals surface area contributed by atoms with E-state index in [-0.39, 0.29) is 12.1 Å². The summed E-state index contributed by atoms with van der Waals surface area (Å²) in [4.78, 5) is 0. The van der Waals surface area contributed by atoms with Crippen molar-refractivity contribution in [3.63, 3.8) is 0 Å². The minimum Gasteiger partial charge on any atom is -0.496 e. The molecule has 1 unspecified atom stereocenters. The van der Waals surface area contributed by atoms with E-state index in [4.69, 9.17) is 15.2 Å². The molecule has 110 valence electrons. The molecule has 0 bridgehead atoms. The van der Waals surface area contributed by atoms with Crippen LogP contribution in [0.3, 0.4) is 0 Å². The van der Waals surface area contributed by atoms with Crippen molar-refractivity contribution >= 4 is 31.9 Å². The number of hydrogen-bond acceptors (Lipinski definition) is 3. The van der Waals surface area contributed by atoms with Gasteiger partial charge < -0.3 is 15.2 Å². The van der Waals surface area contributed by atoms with Crippen molar-refractivity contribution in [2.45, 2.75) is 18.6 Å². The first kappa shape index (κ1) is 14.9. The first-order valence-electron chi connectivity index (χ1n) is 6.63. The van der Waals surface area contributed by atoms with E-state index >= 15 is 0 Å². The van der Waals surface area contributed by atoms with Crippen molar-refractivity contribution < 1.29 is 9.47 Å². The summed E-state index contributed by atoms with van der Waals surface area (Å²) in [5, 5.41) is 0. The highest BCUT2D eigenvalue weighted by Crippen LogP contribution is 2.41. The molecule has 0 saturated heterocycles. The number of hydrogen-bond donors (Lipinski definition) is 1. The molecule has 21 heavy (non-hydrogen) atoms. The van der Waals surface area contributed by atoms with Gasteiger partial charge in [-0.15, -0.1) is 0 Å². The van der Waals surface area contributed by atoms with E-state index in [1.165, 1.54) is 0 Å². The minimum absolute atomic E-state index is 0.0206. The number of ether oxygens (including phenoxy) is 2. The van der Waals surface area contributed by atoms with Gasteiger partial charge in [0.25, 0.3) is 0 Å². The van der Waals surface area contributed by atoms with E-state index in [9.17, 15) is 0 Å². The number of fused-ring (bicyclic) bond motifs is 1. The fourth-order valence-electron chi connectivity index (χ4n) is 2.56. The van der Waals surface area contributed by atoms with Crippen LogP contribution in [-0.4, -0.2) is 7.11 Å². The Balaban J connectivity index is 1.93. The smallest absolute Gasteiger partial charge is 0.133 e. The summed E-state index contributed by atoms with van der Waals surface area (Å²) in [5.41, 5.74) is 8.43. The van der Waals surface area contributed by atoms with E-state index in [0.717, 1.165) is 38.0 Å². The van der Waals surface area contributed by atoms with Crippen molar-refractivity contribution in [1.82, 2.24) is 0 Å². The highest BCUT2D eigenvalue weighted by Gasteiger charge is 2.27. The maximum Gasteiger partial charge on any atom is 0.133 e. The lowest BCUT2D eigenvalue weighted by atomic mass is 9.93. The van der Waals surface area contributed by atoms with Gasteiger partial charge in [0.15, 0.2) is 0 Å². The lowest BCUT2D eigenvalue weighted by Crippen LogP contribution is -2.24. The predicted octanol–water partition coefficient (Wildman–Crippen LogP) is 4.74. The topological polar surface area (TPSA) is 44.5 Å². The second kappa shape index (κ2) is 5.99. The lowest BCUT2D eigenvalue weighted by Gasteiger charge is -2.31. The zero-order valence-corrected chi connectivity index (χ0v) is 14.6. The highest BCUT2D eigenvalue weighted by atomic mass is 79.9. The molecular weight excluding hydrogens is 398 g/mol. The van der Waals surface area contributed by atoms with Gasteiger partial charge in [0.1, 0.15) is 17.6 Å². The molecule has 0 aliphatic carbocycles. The van der Waals surface area contributed by atoms with Crippen LogP contribution in [0.5, 0.6) is 11.5 Å². The average molecular weight is 413 g/mol. The Labute approximate surface area is 140 Å². The van der Waals surface area contributed by atoms with Crippen LogP contribution in [0.1, 0.15) is 29.7 Å². The normalized spacial score (nSPS) is 20.6. The molecule has 1 heterocycles. The van der Waals surface area contributed by atoms with Crippen LogP contribution in [0.4, 0.5) is 0 Å².